The van der Waals surface area contributed by atoms with Crippen LogP contribution in [-0.2, 0) is 16.4 Å². The number of sulfone groups is 1. The maximum atomic E-state index is 12.9. The maximum absolute atomic E-state index is 12.9. The molecular formula is C22H18ClN3O5S. The van der Waals surface area contributed by atoms with Gasteiger partial charge in [-0.25, -0.2) is 13.4 Å². The highest BCUT2D eigenvalue weighted by molar-refractivity contribution is 7.91. The standard InChI is InChI=1S/C22H18ClN3O5S/c1-31-21-17(23)7-8-18(20(21)27)32(29,30)16-5-2-14(3-6-16)12-25-22(28)15-4-9-19-24-10-11-26(19)13-15/h2-11,13,27H,12H2,1H3,(H,25,28). The topological polar surface area (TPSA) is 110 Å². The Morgan fingerprint density at radius 2 is 1.91 bits per heavy atom. The van der Waals surface area contributed by atoms with Gasteiger partial charge in [0.25, 0.3) is 5.91 Å². The molecule has 4 aromatic rings. The van der Waals surface area contributed by atoms with Gasteiger partial charge in [-0.15, -0.1) is 0 Å². The summed E-state index contributed by atoms with van der Waals surface area (Å²) >= 11 is 5.93. The molecule has 0 bridgehead atoms. The lowest BCUT2D eigenvalue weighted by atomic mass is 10.2. The van der Waals surface area contributed by atoms with Crippen LogP contribution in [0.5, 0.6) is 11.5 Å². The number of methoxy groups -OCH3 is 1. The Morgan fingerprint density at radius 3 is 2.62 bits per heavy atom. The van der Waals surface area contributed by atoms with E-state index < -0.39 is 15.6 Å². The summed E-state index contributed by atoms with van der Waals surface area (Å²) in [6.45, 7) is 0.209. The molecule has 10 heteroatoms. The Balaban J connectivity index is 1.49. The summed E-state index contributed by atoms with van der Waals surface area (Å²) in [6, 6.07) is 12.0. The third-order valence-electron chi connectivity index (χ3n) is 4.88. The van der Waals surface area contributed by atoms with Gasteiger partial charge in [0.05, 0.1) is 22.6 Å². The fourth-order valence-corrected chi connectivity index (χ4v) is 4.76. The highest BCUT2D eigenvalue weighted by Crippen LogP contribution is 2.40. The van der Waals surface area contributed by atoms with E-state index in [0.29, 0.717) is 11.1 Å². The second-order valence-corrected chi connectivity index (χ2v) is 9.19. The van der Waals surface area contributed by atoms with E-state index in [1.54, 1.807) is 47.3 Å². The number of fused-ring (bicyclic) bond motifs is 1. The molecule has 0 aliphatic heterocycles. The van der Waals surface area contributed by atoms with Crippen LogP contribution in [0.25, 0.3) is 5.65 Å². The van der Waals surface area contributed by atoms with E-state index >= 15 is 0 Å². The molecule has 0 saturated heterocycles. The van der Waals surface area contributed by atoms with E-state index in [0.717, 1.165) is 5.65 Å². The molecule has 2 N–H and O–H groups in total. The maximum Gasteiger partial charge on any atom is 0.253 e. The number of carbonyl (C=O) groups excluding carboxylic acids is 1. The van der Waals surface area contributed by atoms with Crippen molar-refractivity contribution >= 4 is 33.0 Å². The Morgan fingerprint density at radius 1 is 1.16 bits per heavy atom. The molecule has 0 saturated carbocycles. The molecule has 2 aromatic carbocycles. The summed E-state index contributed by atoms with van der Waals surface area (Å²) in [7, 11) is -2.72. The summed E-state index contributed by atoms with van der Waals surface area (Å²) in [5, 5.41) is 13.2. The van der Waals surface area contributed by atoms with Gasteiger partial charge >= 0.3 is 0 Å². The number of hydrogen-bond donors (Lipinski definition) is 2. The number of phenolic OH excluding ortho intramolecular Hbond substituents is 1. The number of aromatic nitrogens is 2. The number of aromatic hydroxyl groups is 1. The minimum atomic E-state index is -4.01. The van der Waals surface area contributed by atoms with Crippen LogP contribution in [0.15, 0.2) is 76.9 Å². The van der Waals surface area contributed by atoms with E-state index in [9.17, 15) is 18.3 Å². The summed E-state index contributed by atoms with van der Waals surface area (Å²) in [4.78, 5) is 16.2. The first-order chi connectivity index (χ1) is 15.3. The lowest BCUT2D eigenvalue weighted by molar-refractivity contribution is 0.0950. The second-order valence-electron chi connectivity index (χ2n) is 6.87. The zero-order valence-corrected chi connectivity index (χ0v) is 18.4. The first-order valence-electron chi connectivity index (χ1n) is 9.41. The van der Waals surface area contributed by atoms with Gasteiger partial charge in [-0.1, -0.05) is 23.7 Å². The van der Waals surface area contributed by atoms with Crippen molar-refractivity contribution in [1.82, 2.24) is 14.7 Å². The van der Waals surface area contributed by atoms with Crippen molar-refractivity contribution in [3.05, 3.63) is 83.3 Å². The summed E-state index contributed by atoms with van der Waals surface area (Å²) in [5.41, 5.74) is 1.92. The van der Waals surface area contributed by atoms with E-state index in [-0.39, 0.29) is 33.0 Å². The van der Waals surface area contributed by atoms with Crippen LogP contribution < -0.4 is 10.1 Å². The fraction of sp³-hybridized carbons (Fsp3) is 0.0909. The summed E-state index contributed by atoms with van der Waals surface area (Å²) in [5.74, 6) is -0.928. The Hall–Kier alpha value is -3.56. The lowest BCUT2D eigenvalue weighted by Crippen LogP contribution is -2.23. The van der Waals surface area contributed by atoms with Crippen molar-refractivity contribution in [2.75, 3.05) is 7.11 Å². The zero-order chi connectivity index (χ0) is 22.9. The number of hydrogen-bond acceptors (Lipinski definition) is 6. The van der Waals surface area contributed by atoms with Crippen molar-refractivity contribution in [2.24, 2.45) is 0 Å². The van der Waals surface area contributed by atoms with Gasteiger partial charge in [0.1, 0.15) is 10.5 Å². The molecule has 0 radical (unpaired) electrons. The van der Waals surface area contributed by atoms with Gasteiger partial charge in [0, 0.05) is 25.1 Å². The van der Waals surface area contributed by atoms with E-state index in [2.05, 4.69) is 10.3 Å². The highest BCUT2D eigenvalue weighted by Gasteiger charge is 2.25. The number of halogens is 1. The largest absolute Gasteiger partial charge is 0.503 e. The molecule has 0 aliphatic rings. The Labute approximate surface area is 189 Å². The third-order valence-corrected chi connectivity index (χ3v) is 6.98. The van der Waals surface area contributed by atoms with Gasteiger partial charge in [0.2, 0.25) is 9.84 Å². The smallest absolute Gasteiger partial charge is 0.253 e. The molecule has 0 unspecified atom stereocenters. The highest BCUT2D eigenvalue weighted by atomic mass is 35.5. The quantitative estimate of drug-likeness (QED) is 0.445. The molecule has 4 rings (SSSR count). The van der Waals surface area contributed by atoms with Crippen LogP contribution in [0.3, 0.4) is 0 Å². The van der Waals surface area contributed by atoms with Gasteiger partial charge in [-0.05, 0) is 42.0 Å². The number of nitrogens with zero attached hydrogens (tertiary/aromatic N) is 2. The van der Waals surface area contributed by atoms with Crippen molar-refractivity contribution in [2.45, 2.75) is 16.3 Å². The van der Waals surface area contributed by atoms with Crippen LogP contribution in [-0.4, -0.2) is 35.9 Å². The van der Waals surface area contributed by atoms with Crippen LogP contribution in [0.1, 0.15) is 15.9 Å². The van der Waals surface area contributed by atoms with Crippen molar-refractivity contribution < 1.29 is 23.1 Å². The molecule has 164 valence electrons. The number of carbonyl (C=O) groups is 1. The van der Waals surface area contributed by atoms with E-state index in [1.807, 2.05) is 0 Å². The lowest BCUT2D eigenvalue weighted by Gasteiger charge is -2.12. The first-order valence-corrected chi connectivity index (χ1v) is 11.3. The number of phenols is 1. The van der Waals surface area contributed by atoms with Crippen molar-refractivity contribution in [1.29, 1.82) is 0 Å². The van der Waals surface area contributed by atoms with Gasteiger partial charge in [0.15, 0.2) is 11.5 Å². The SMILES string of the molecule is COc1c(Cl)ccc(S(=O)(=O)c2ccc(CNC(=O)c3ccc4nccn4c3)cc2)c1O. The van der Waals surface area contributed by atoms with Crippen LogP contribution in [0, 0.1) is 0 Å². The number of benzene rings is 2. The monoisotopic (exact) mass is 471 g/mol. The van der Waals surface area contributed by atoms with E-state index in [1.165, 1.54) is 31.4 Å². The van der Waals surface area contributed by atoms with Gasteiger partial charge in [-0.2, -0.15) is 0 Å². The van der Waals surface area contributed by atoms with E-state index in [4.69, 9.17) is 16.3 Å². The minimum Gasteiger partial charge on any atom is -0.503 e. The molecule has 2 heterocycles. The average molecular weight is 472 g/mol. The molecule has 0 atom stereocenters. The summed E-state index contributed by atoms with van der Waals surface area (Å²) in [6.07, 6.45) is 5.08. The van der Waals surface area contributed by atoms with Crippen LogP contribution in [0.2, 0.25) is 5.02 Å². The van der Waals surface area contributed by atoms with Crippen LogP contribution in [0.4, 0.5) is 0 Å². The number of imidazole rings is 1. The minimum absolute atomic E-state index is 0.0159. The zero-order valence-electron chi connectivity index (χ0n) is 16.8. The fourth-order valence-electron chi connectivity index (χ4n) is 3.19. The number of pyridine rings is 1. The average Bonchev–Trinajstić information content (AvgIpc) is 3.26. The number of rotatable bonds is 6. The molecule has 1 amide bonds. The predicted molar refractivity (Wildman–Crippen MR) is 118 cm³/mol. The number of ether oxygens (including phenoxy) is 1. The van der Waals surface area contributed by atoms with Crippen LogP contribution >= 0.6 is 11.6 Å². The third kappa shape index (κ3) is 4.00. The molecule has 0 spiro atoms. The number of amides is 1. The molecule has 8 nitrogen and oxygen atoms in total. The molecular weight excluding hydrogens is 454 g/mol. The first kappa shape index (κ1) is 21.7. The van der Waals surface area contributed by atoms with Crippen molar-refractivity contribution in [3.63, 3.8) is 0 Å². The van der Waals surface area contributed by atoms with Gasteiger partial charge in [-0.3, -0.25) is 4.79 Å². The Kier molecular flexibility index (Phi) is 5.77. The molecule has 32 heavy (non-hydrogen) atoms. The molecule has 0 fully saturated rings. The molecule has 0 aliphatic carbocycles. The predicted octanol–water partition coefficient (Wildman–Crippen LogP) is 3.46. The second kappa shape index (κ2) is 8.52. The van der Waals surface area contributed by atoms with Crippen molar-refractivity contribution in [3.8, 4) is 11.5 Å². The normalized spacial score (nSPS) is 11.4. The summed E-state index contributed by atoms with van der Waals surface area (Å²) < 4.78 is 32.6. The molecule has 2 aromatic heterocycles. The van der Waals surface area contributed by atoms with Gasteiger partial charge < -0.3 is 19.6 Å². The Bertz CT molecular complexity index is 1420. The number of nitrogens with one attached hydrogen (secondary N) is 1.